The molecule has 1 aliphatic heterocycles. The minimum absolute atomic E-state index is 0.00195. The van der Waals surface area contributed by atoms with Gasteiger partial charge in [-0.2, -0.15) is 0 Å². The number of carbonyl (C=O) groups excluding carboxylic acids is 3. The number of carbonyl (C=O) groups is 3. The van der Waals surface area contributed by atoms with Gasteiger partial charge in [-0.05, 0) is 24.1 Å². The van der Waals surface area contributed by atoms with Crippen LogP contribution >= 0.6 is 0 Å². The Bertz CT molecular complexity index is 568. The van der Waals surface area contributed by atoms with Crippen LogP contribution in [-0.4, -0.2) is 77.2 Å². The Kier molecular flexibility index (Phi) is 5.67. The second-order valence-corrected chi connectivity index (χ2v) is 5.63. The number of rotatable bonds is 3. The van der Waals surface area contributed by atoms with Crippen molar-refractivity contribution in [2.45, 2.75) is 13.3 Å². The zero-order valence-electron chi connectivity index (χ0n) is 13.6. The van der Waals surface area contributed by atoms with Crippen LogP contribution in [0.3, 0.4) is 0 Å². The Morgan fingerprint density at radius 1 is 1.09 bits per heavy atom. The summed E-state index contributed by atoms with van der Waals surface area (Å²) in [6.07, 6.45) is 4.09. The molecule has 0 saturated carbocycles. The predicted molar refractivity (Wildman–Crippen MR) is 84.4 cm³/mol. The molecule has 0 bridgehead atoms. The lowest BCUT2D eigenvalue weighted by Gasteiger charge is -2.34. The van der Waals surface area contributed by atoms with Gasteiger partial charge in [0.25, 0.3) is 0 Å². The highest BCUT2D eigenvalue weighted by atomic mass is 16.2. The molecule has 1 saturated heterocycles. The third-order valence-electron chi connectivity index (χ3n) is 4.03. The monoisotopic (exact) mass is 318 g/mol. The van der Waals surface area contributed by atoms with E-state index in [-0.39, 0.29) is 5.91 Å². The van der Waals surface area contributed by atoms with Crippen LogP contribution in [0.2, 0.25) is 0 Å². The zero-order chi connectivity index (χ0) is 16.8. The molecule has 0 aromatic carbocycles. The summed E-state index contributed by atoms with van der Waals surface area (Å²) in [5.74, 6) is -1.00. The Morgan fingerprint density at radius 3 is 2.22 bits per heavy atom. The van der Waals surface area contributed by atoms with Crippen molar-refractivity contribution in [3.05, 3.63) is 30.1 Å². The largest absolute Gasteiger partial charge is 0.339 e. The molecule has 1 fully saturated rings. The topological polar surface area (TPSA) is 73.8 Å². The van der Waals surface area contributed by atoms with Crippen molar-refractivity contribution in [1.29, 1.82) is 0 Å². The molecular formula is C16H22N4O3. The summed E-state index contributed by atoms with van der Waals surface area (Å²) in [7, 11) is 1.63. The molecule has 2 rings (SSSR count). The van der Waals surface area contributed by atoms with Gasteiger partial charge in [-0.3, -0.25) is 19.4 Å². The number of hydrogen-bond acceptors (Lipinski definition) is 4. The molecule has 1 aromatic heterocycles. The molecule has 3 amide bonds. The van der Waals surface area contributed by atoms with Crippen LogP contribution in [0.4, 0.5) is 0 Å². The zero-order valence-corrected chi connectivity index (χ0v) is 13.6. The maximum Gasteiger partial charge on any atom is 0.312 e. The maximum atomic E-state index is 12.2. The molecule has 23 heavy (non-hydrogen) atoms. The van der Waals surface area contributed by atoms with Crippen LogP contribution in [0.25, 0.3) is 0 Å². The summed E-state index contributed by atoms with van der Waals surface area (Å²) in [6.45, 7) is 3.76. The summed E-state index contributed by atoms with van der Waals surface area (Å²) in [4.78, 5) is 44.3. The Morgan fingerprint density at radius 2 is 1.65 bits per heavy atom. The predicted octanol–water partition coefficient (Wildman–Crippen LogP) is -0.227. The second kappa shape index (κ2) is 7.71. The first kappa shape index (κ1) is 16.9. The van der Waals surface area contributed by atoms with Crippen molar-refractivity contribution in [1.82, 2.24) is 19.7 Å². The van der Waals surface area contributed by atoms with Gasteiger partial charge in [-0.1, -0.05) is 0 Å². The van der Waals surface area contributed by atoms with E-state index in [1.54, 1.807) is 24.3 Å². The molecule has 0 radical (unpaired) electrons. The molecule has 124 valence electrons. The molecule has 0 atom stereocenters. The van der Waals surface area contributed by atoms with E-state index in [1.807, 2.05) is 12.1 Å². The van der Waals surface area contributed by atoms with Gasteiger partial charge >= 0.3 is 11.8 Å². The summed E-state index contributed by atoms with van der Waals surface area (Å²) in [6, 6.07) is 3.78. The average Bonchev–Trinajstić information content (AvgIpc) is 2.59. The quantitative estimate of drug-likeness (QED) is 0.722. The Hall–Kier alpha value is -2.44. The van der Waals surface area contributed by atoms with Gasteiger partial charge in [0, 0.05) is 59.1 Å². The van der Waals surface area contributed by atoms with Gasteiger partial charge in [0.2, 0.25) is 5.91 Å². The summed E-state index contributed by atoms with van der Waals surface area (Å²) < 4.78 is 0. The third kappa shape index (κ3) is 4.51. The molecule has 0 N–H and O–H groups in total. The van der Waals surface area contributed by atoms with Crippen molar-refractivity contribution >= 4 is 17.7 Å². The van der Waals surface area contributed by atoms with Gasteiger partial charge in [0.05, 0.1) is 0 Å². The first-order valence-electron chi connectivity index (χ1n) is 7.68. The van der Waals surface area contributed by atoms with Crippen molar-refractivity contribution in [3.8, 4) is 0 Å². The first-order chi connectivity index (χ1) is 11.0. The smallest absolute Gasteiger partial charge is 0.312 e. The van der Waals surface area contributed by atoms with Crippen molar-refractivity contribution < 1.29 is 14.4 Å². The first-order valence-corrected chi connectivity index (χ1v) is 7.68. The fourth-order valence-corrected chi connectivity index (χ4v) is 2.47. The summed E-state index contributed by atoms with van der Waals surface area (Å²) in [5.41, 5.74) is 1.07. The number of nitrogens with zero attached hydrogens (tertiary/aromatic N) is 4. The lowest BCUT2D eigenvalue weighted by atomic mass is 10.2. The molecule has 7 nitrogen and oxygen atoms in total. The van der Waals surface area contributed by atoms with Crippen molar-refractivity contribution in [3.63, 3.8) is 0 Å². The Balaban J connectivity index is 1.82. The van der Waals surface area contributed by atoms with Crippen LogP contribution in [0.1, 0.15) is 12.5 Å². The average molecular weight is 318 g/mol. The summed E-state index contributed by atoms with van der Waals surface area (Å²) in [5, 5.41) is 0. The van der Waals surface area contributed by atoms with E-state index < -0.39 is 11.8 Å². The van der Waals surface area contributed by atoms with Crippen molar-refractivity contribution in [2.24, 2.45) is 0 Å². The van der Waals surface area contributed by atoms with E-state index in [0.717, 1.165) is 5.56 Å². The molecule has 0 aliphatic carbocycles. The minimum atomic E-state index is -0.504. The van der Waals surface area contributed by atoms with Crippen LogP contribution in [0, 0.1) is 0 Å². The number of pyridine rings is 1. The fourth-order valence-electron chi connectivity index (χ4n) is 2.47. The molecule has 1 aliphatic rings. The Labute approximate surface area is 135 Å². The third-order valence-corrected chi connectivity index (χ3v) is 4.03. The van der Waals surface area contributed by atoms with Gasteiger partial charge in [0.15, 0.2) is 0 Å². The molecular weight excluding hydrogens is 296 g/mol. The lowest BCUT2D eigenvalue weighted by Crippen LogP contribution is -2.53. The van der Waals surface area contributed by atoms with Gasteiger partial charge < -0.3 is 14.7 Å². The van der Waals surface area contributed by atoms with Crippen molar-refractivity contribution in [2.75, 3.05) is 39.8 Å². The number of likely N-dealkylation sites (N-methyl/N-ethyl adjacent to an activating group) is 1. The standard InChI is InChI=1S/C16H22N4O3/c1-13(21)19-9-11-20(12-10-19)16(23)15(22)18(2)8-5-14-3-6-17-7-4-14/h3-4,6-7H,5,8-12H2,1-2H3. The number of piperazine rings is 1. The number of amides is 3. The maximum absolute atomic E-state index is 12.2. The molecule has 7 heteroatoms. The van der Waals surface area contributed by atoms with Crippen LogP contribution in [-0.2, 0) is 20.8 Å². The van der Waals surface area contributed by atoms with E-state index in [2.05, 4.69) is 4.98 Å². The minimum Gasteiger partial charge on any atom is -0.339 e. The summed E-state index contributed by atoms with van der Waals surface area (Å²) >= 11 is 0. The highest BCUT2D eigenvalue weighted by Crippen LogP contribution is 2.05. The number of aromatic nitrogens is 1. The van der Waals surface area contributed by atoms with E-state index in [1.165, 1.54) is 16.7 Å². The van der Waals surface area contributed by atoms with Crippen LogP contribution in [0.5, 0.6) is 0 Å². The van der Waals surface area contributed by atoms with Gasteiger partial charge in [-0.25, -0.2) is 0 Å². The SMILES string of the molecule is CC(=O)N1CCN(C(=O)C(=O)N(C)CCc2ccncc2)CC1. The molecule has 1 aromatic rings. The second-order valence-electron chi connectivity index (χ2n) is 5.63. The van der Waals surface area contributed by atoms with E-state index in [4.69, 9.17) is 0 Å². The van der Waals surface area contributed by atoms with E-state index >= 15 is 0 Å². The van der Waals surface area contributed by atoms with Gasteiger partial charge in [0.1, 0.15) is 0 Å². The lowest BCUT2D eigenvalue weighted by molar-refractivity contribution is -0.152. The van der Waals surface area contributed by atoms with E-state index in [9.17, 15) is 14.4 Å². The molecule has 0 spiro atoms. The highest BCUT2D eigenvalue weighted by molar-refractivity contribution is 6.34. The fraction of sp³-hybridized carbons (Fsp3) is 0.500. The molecule has 2 heterocycles. The van der Waals surface area contributed by atoms with Crippen LogP contribution in [0.15, 0.2) is 24.5 Å². The number of hydrogen-bond donors (Lipinski definition) is 0. The van der Waals surface area contributed by atoms with Gasteiger partial charge in [-0.15, -0.1) is 0 Å². The molecule has 0 unspecified atom stereocenters. The normalized spacial score (nSPS) is 14.5. The van der Waals surface area contributed by atoms with Crippen LogP contribution < -0.4 is 0 Å². The highest BCUT2D eigenvalue weighted by Gasteiger charge is 2.28. The van der Waals surface area contributed by atoms with E-state index in [0.29, 0.717) is 39.1 Å².